The number of rotatable bonds is 4. The Morgan fingerprint density at radius 3 is 2.41 bits per heavy atom. The molecular formula is C21H27F2NO3. The number of nitrogens with one attached hydrogen (secondary N) is 1. The molecule has 4 atom stereocenters. The summed E-state index contributed by atoms with van der Waals surface area (Å²) in [4.78, 5) is 13.2. The molecule has 2 saturated carbocycles. The lowest BCUT2D eigenvalue weighted by Gasteiger charge is -2.43. The molecular weight excluding hydrogens is 352 g/mol. The van der Waals surface area contributed by atoms with Crippen molar-refractivity contribution < 1.29 is 23.4 Å². The Hall–Kier alpha value is -1.53. The van der Waals surface area contributed by atoms with Gasteiger partial charge in [-0.1, -0.05) is 36.8 Å². The molecule has 1 aromatic rings. The van der Waals surface area contributed by atoms with Crippen LogP contribution in [0, 0.1) is 17.8 Å². The van der Waals surface area contributed by atoms with Crippen molar-refractivity contribution in [2.45, 2.75) is 56.2 Å². The highest BCUT2D eigenvalue weighted by molar-refractivity contribution is 5.82. The molecule has 1 heterocycles. The molecule has 3 fully saturated rings. The highest BCUT2D eigenvalue weighted by atomic mass is 19.3. The summed E-state index contributed by atoms with van der Waals surface area (Å²) < 4.78 is 33.6. The zero-order chi connectivity index (χ0) is 19.1. The number of aliphatic hydroxyl groups is 1. The van der Waals surface area contributed by atoms with Gasteiger partial charge in [0, 0.05) is 43.7 Å². The first-order valence-electron chi connectivity index (χ1n) is 9.98. The van der Waals surface area contributed by atoms with E-state index < -0.39 is 29.8 Å². The van der Waals surface area contributed by atoms with Crippen molar-refractivity contribution in [3.8, 4) is 0 Å². The van der Waals surface area contributed by atoms with Gasteiger partial charge in [0.2, 0.25) is 5.92 Å². The summed E-state index contributed by atoms with van der Waals surface area (Å²) in [5.41, 5.74) is -1.68. The van der Waals surface area contributed by atoms with Crippen molar-refractivity contribution in [2.24, 2.45) is 17.8 Å². The molecule has 1 aliphatic heterocycles. The van der Waals surface area contributed by atoms with E-state index in [1.165, 1.54) is 0 Å². The molecule has 4 rings (SSSR count). The quantitative estimate of drug-likeness (QED) is 0.789. The van der Waals surface area contributed by atoms with Crippen LogP contribution in [0.5, 0.6) is 0 Å². The van der Waals surface area contributed by atoms with E-state index in [-0.39, 0.29) is 30.8 Å². The van der Waals surface area contributed by atoms with E-state index in [2.05, 4.69) is 5.32 Å². The highest BCUT2D eigenvalue weighted by Gasteiger charge is 2.55. The summed E-state index contributed by atoms with van der Waals surface area (Å²) in [6.45, 7) is 1.58. The van der Waals surface area contributed by atoms with Crippen LogP contribution in [0.4, 0.5) is 8.78 Å². The number of piperidine rings is 1. The van der Waals surface area contributed by atoms with Crippen molar-refractivity contribution >= 4 is 5.97 Å². The van der Waals surface area contributed by atoms with Gasteiger partial charge in [0.25, 0.3) is 0 Å². The second-order valence-electron chi connectivity index (χ2n) is 8.41. The zero-order valence-electron chi connectivity index (χ0n) is 15.4. The predicted octanol–water partition coefficient (Wildman–Crippen LogP) is 3.24. The van der Waals surface area contributed by atoms with E-state index in [0.29, 0.717) is 5.56 Å². The molecule has 148 valence electrons. The lowest BCUT2D eigenvalue weighted by molar-refractivity contribution is -0.189. The van der Waals surface area contributed by atoms with Gasteiger partial charge in [-0.2, -0.15) is 0 Å². The third-order valence-corrected chi connectivity index (χ3v) is 6.65. The Morgan fingerprint density at radius 2 is 1.81 bits per heavy atom. The SMILES string of the molecule is O=C(OC1C2CCCC1CNC2)[C@](O)(c1ccccc1)[C@@H]1CCC(F)(F)C1. The van der Waals surface area contributed by atoms with E-state index in [9.17, 15) is 18.7 Å². The summed E-state index contributed by atoms with van der Waals surface area (Å²) in [7, 11) is 0. The molecule has 2 aliphatic carbocycles. The average Bonchev–Trinajstić information content (AvgIpc) is 3.02. The fourth-order valence-electron chi connectivity index (χ4n) is 5.17. The molecule has 6 heteroatoms. The summed E-state index contributed by atoms with van der Waals surface area (Å²) in [6.07, 6.45) is 2.13. The third-order valence-electron chi connectivity index (χ3n) is 6.65. The normalized spacial score (nSPS) is 34.6. The van der Waals surface area contributed by atoms with Crippen molar-refractivity contribution in [2.75, 3.05) is 13.1 Å². The minimum Gasteiger partial charge on any atom is -0.459 e. The number of alkyl halides is 2. The number of benzene rings is 1. The lowest BCUT2D eigenvalue weighted by atomic mass is 9.75. The van der Waals surface area contributed by atoms with Gasteiger partial charge >= 0.3 is 5.97 Å². The molecule has 0 amide bonds. The van der Waals surface area contributed by atoms with Crippen LogP contribution in [0.2, 0.25) is 0 Å². The van der Waals surface area contributed by atoms with Gasteiger partial charge in [-0.3, -0.25) is 0 Å². The maximum Gasteiger partial charge on any atom is 0.343 e. The van der Waals surface area contributed by atoms with Crippen LogP contribution in [0.1, 0.15) is 44.1 Å². The van der Waals surface area contributed by atoms with Crippen LogP contribution >= 0.6 is 0 Å². The lowest BCUT2D eigenvalue weighted by Crippen LogP contribution is -2.54. The predicted molar refractivity (Wildman–Crippen MR) is 96.2 cm³/mol. The summed E-state index contributed by atoms with van der Waals surface area (Å²) in [6, 6.07) is 8.44. The maximum atomic E-state index is 13.9. The standard InChI is InChI=1S/C21H27F2NO3/c22-20(23)10-9-17(11-20)21(26,16-7-2-1-3-8-16)19(25)27-18-14-5-4-6-15(18)13-24-12-14/h1-3,7-8,14-15,17-18,24,26H,4-6,9-13H2/t14?,15?,17-,18?,21+/m1/s1. The number of carbonyl (C=O) groups excluding carboxylic acids is 1. The van der Waals surface area contributed by atoms with E-state index >= 15 is 0 Å². The summed E-state index contributed by atoms with van der Waals surface area (Å²) in [5.74, 6) is -4.00. The fourth-order valence-corrected chi connectivity index (χ4v) is 5.17. The number of ether oxygens (including phenoxy) is 1. The van der Waals surface area contributed by atoms with Crippen LogP contribution < -0.4 is 5.32 Å². The van der Waals surface area contributed by atoms with Crippen LogP contribution in [-0.2, 0) is 15.1 Å². The van der Waals surface area contributed by atoms with Gasteiger partial charge in [-0.15, -0.1) is 0 Å². The van der Waals surface area contributed by atoms with Crippen molar-refractivity contribution in [3.63, 3.8) is 0 Å². The smallest absolute Gasteiger partial charge is 0.343 e. The van der Waals surface area contributed by atoms with Crippen molar-refractivity contribution in [1.82, 2.24) is 5.32 Å². The second-order valence-corrected chi connectivity index (χ2v) is 8.41. The first-order valence-corrected chi connectivity index (χ1v) is 9.98. The van der Waals surface area contributed by atoms with Gasteiger partial charge in [0.15, 0.2) is 5.60 Å². The van der Waals surface area contributed by atoms with Crippen LogP contribution in [0.15, 0.2) is 30.3 Å². The molecule has 0 radical (unpaired) electrons. The molecule has 2 bridgehead atoms. The van der Waals surface area contributed by atoms with Crippen molar-refractivity contribution in [1.29, 1.82) is 0 Å². The Labute approximate surface area is 158 Å². The molecule has 27 heavy (non-hydrogen) atoms. The topological polar surface area (TPSA) is 58.6 Å². The molecule has 0 spiro atoms. The number of halogens is 2. The third kappa shape index (κ3) is 3.49. The average molecular weight is 379 g/mol. The molecule has 1 aromatic carbocycles. The second kappa shape index (κ2) is 7.13. The molecule has 3 aliphatic rings. The number of hydrogen-bond acceptors (Lipinski definition) is 4. The summed E-state index contributed by atoms with van der Waals surface area (Å²) in [5, 5.41) is 14.8. The van der Waals surface area contributed by atoms with Gasteiger partial charge in [0.05, 0.1) is 0 Å². The fraction of sp³-hybridized carbons (Fsp3) is 0.667. The van der Waals surface area contributed by atoms with Crippen LogP contribution in [-0.4, -0.2) is 36.2 Å². The Bertz CT molecular complexity index is 661. The van der Waals surface area contributed by atoms with E-state index in [1.54, 1.807) is 30.3 Å². The van der Waals surface area contributed by atoms with Crippen molar-refractivity contribution in [3.05, 3.63) is 35.9 Å². The minimum atomic E-state index is -2.85. The van der Waals surface area contributed by atoms with Gasteiger partial charge in [-0.25, -0.2) is 13.6 Å². The van der Waals surface area contributed by atoms with Gasteiger partial charge in [0.1, 0.15) is 6.10 Å². The molecule has 1 saturated heterocycles. The molecule has 2 N–H and O–H groups in total. The zero-order valence-corrected chi connectivity index (χ0v) is 15.4. The van der Waals surface area contributed by atoms with E-state index in [4.69, 9.17) is 4.74 Å². The van der Waals surface area contributed by atoms with Crippen LogP contribution in [0.25, 0.3) is 0 Å². The first-order chi connectivity index (χ1) is 12.9. The van der Waals surface area contributed by atoms with E-state index in [0.717, 1.165) is 32.4 Å². The Morgan fingerprint density at radius 1 is 1.15 bits per heavy atom. The monoisotopic (exact) mass is 379 g/mol. The number of hydrogen-bond donors (Lipinski definition) is 2. The molecule has 4 nitrogen and oxygen atoms in total. The Kier molecular flexibility index (Phi) is 4.97. The van der Waals surface area contributed by atoms with E-state index in [1.807, 2.05) is 0 Å². The van der Waals surface area contributed by atoms with Gasteiger partial charge < -0.3 is 15.2 Å². The number of fused-ring (bicyclic) bond motifs is 2. The Balaban J connectivity index is 1.61. The minimum absolute atomic E-state index is 0.104. The van der Waals surface area contributed by atoms with Crippen LogP contribution in [0.3, 0.4) is 0 Å². The first kappa shape index (κ1) is 18.8. The molecule has 2 unspecified atom stereocenters. The number of carbonyl (C=O) groups is 1. The number of esters is 1. The largest absolute Gasteiger partial charge is 0.459 e. The highest BCUT2D eigenvalue weighted by Crippen LogP contribution is 2.48. The summed E-state index contributed by atoms with van der Waals surface area (Å²) >= 11 is 0. The maximum absolute atomic E-state index is 13.9. The van der Waals surface area contributed by atoms with Gasteiger partial charge in [-0.05, 0) is 24.8 Å². The molecule has 0 aromatic heterocycles.